The van der Waals surface area contributed by atoms with Gasteiger partial charge in [-0.15, -0.1) is 0 Å². The number of hydrogen-bond donors (Lipinski definition) is 2. The third-order valence-corrected chi connectivity index (χ3v) is 3.44. The number of fused-ring (bicyclic) bond motifs is 1. The van der Waals surface area contributed by atoms with Crippen molar-refractivity contribution in [3.63, 3.8) is 0 Å². The minimum Gasteiger partial charge on any atom is -0.396 e. The topological polar surface area (TPSA) is 32.3 Å². The van der Waals surface area contributed by atoms with E-state index in [4.69, 9.17) is 16.7 Å². The van der Waals surface area contributed by atoms with Crippen molar-refractivity contribution in [2.75, 3.05) is 13.2 Å². The van der Waals surface area contributed by atoms with Gasteiger partial charge in [-0.2, -0.15) is 0 Å². The lowest BCUT2D eigenvalue weighted by Crippen LogP contribution is -2.26. The molecule has 2 nitrogen and oxygen atoms in total. The summed E-state index contributed by atoms with van der Waals surface area (Å²) < 4.78 is 0. The molecule has 1 aliphatic carbocycles. The Balaban J connectivity index is 2.01. The maximum atomic E-state index is 8.98. The van der Waals surface area contributed by atoms with Crippen LogP contribution in [0, 0.1) is 5.92 Å². The molecule has 0 fully saturated rings. The van der Waals surface area contributed by atoms with E-state index in [9.17, 15) is 0 Å². The molecule has 0 bridgehead atoms. The van der Waals surface area contributed by atoms with Crippen molar-refractivity contribution >= 4 is 11.6 Å². The second kappa shape index (κ2) is 5.17. The molecule has 2 atom stereocenters. The molecule has 0 spiro atoms. The third-order valence-electron chi connectivity index (χ3n) is 3.21. The molecule has 0 heterocycles. The first-order chi connectivity index (χ1) is 7.70. The molecule has 0 amide bonds. The van der Waals surface area contributed by atoms with E-state index in [1.54, 1.807) is 0 Å². The van der Waals surface area contributed by atoms with Gasteiger partial charge in [0.1, 0.15) is 0 Å². The minimum atomic E-state index is 0.243. The lowest BCUT2D eigenvalue weighted by atomic mass is 10.1. The Morgan fingerprint density at radius 1 is 1.56 bits per heavy atom. The molecule has 16 heavy (non-hydrogen) atoms. The summed E-state index contributed by atoms with van der Waals surface area (Å²) in [6.07, 6.45) is 2.23. The minimum absolute atomic E-state index is 0.243. The fourth-order valence-corrected chi connectivity index (χ4v) is 2.40. The molecular formula is C13H18ClNO. The summed E-state index contributed by atoms with van der Waals surface area (Å²) >= 11 is 5.97. The summed E-state index contributed by atoms with van der Waals surface area (Å²) in [6, 6.07) is 6.57. The van der Waals surface area contributed by atoms with Crippen molar-refractivity contribution in [1.82, 2.24) is 5.32 Å². The van der Waals surface area contributed by atoms with Crippen molar-refractivity contribution in [3.8, 4) is 0 Å². The Bertz CT molecular complexity index is 367. The molecule has 0 radical (unpaired) electrons. The van der Waals surface area contributed by atoms with Crippen LogP contribution in [0.25, 0.3) is 0 Å². The first kappa shape index (κ1) is 11.9. The van der Waals surface area contributed by atoms with Gasteiger partial charge in [0.2, 0.25) is 0 Å². The van der Waals surface area contributed by atoms with Gasteiger partial charge in [-0.25, -0.2) is 0 Å². The smallest absolute Gasteiger partial charge is 0.0468 e. The van der Waals surface area contributed by atoms with Gasteiger partial charge in [0, 0.05) is 24.2 Å². The number of nitrogens with one attached hydrogen (secondary N) is 1. The number of benzene rings is 1. The predicted molar refractivity (Wildman–Crippen MR) is 66.8 cm³/mol. The zero-order valence-corrected chi connectivity index (χ0v) is 10.3. The number of halogens is 1. The number of aliphatic hydroxyl groups excluding tert-OH is 1. The van der Waals surface area contributed by atoms with Crippen LogP contribution in [0.15, 0.2) is 18.2 Å². The van der Waals surface area contributed by atoms with Crippen LogP contribution in [0.1, 0.15) is 30.5 Å². The van der Waals surface area contributed by atoms with E-state index in [2.05, 4.69) is 17.4 Å². The van der Waals surface area contributed by atoms with E-state index >= 15 is 0 Å². The maximum Gasteiger partial charge on any atom is 0.0468 e. The van der Waals surface area contributed by atoms with Gasteiger partial charge >= 0.3 is 0 Å². The van der Waals surface area contributed by atoms with Crippen LogP contribution >= 0.6 is 11.6 Å². The lowest BCUT2D eigenvalue weighted by Gasteiger charge is -2.16. The highest BCUT2D eigenvalue weighted by Gasteiger charge is 2.22. The molecule has 1 aromatic rings. The van der Waals surface area contributed by atoms with Gasteiger partial charge in [0.05, 0.1) is 0 Å². The third kappa shape index (κ3) is 2.57. The van der Waals surface area contributed by atoms with Crippen LogP contribution in [-0.2, 0) is 6.42 Å². The zero-order valence-electron chi connectivity index (χ0n) is 9.54. The Morgan fingerprint density at radius 3 is 3.12 bits per heavy atom. The van der Waals surface area contributed by atoms with E-state index in [-0.39, 0.29) is 6.61 Å². The van der Waals surface area contributed by atoms with E-state index in [0.717, 1.165) is 24.4 Å². The van der Waals surface area contributed by atoms with Gasteiger partial charge < -0.3 is 10.4 Å². The highest BCUT2D eigenvalue weighted by molar-refractivity contribution is 6.30. The van der Waals surface area contributed by atoms with Crippen LogP contribution in [0.4, 0.5) is 0 Å². The normalized spacial score (nSPS) is 20.8. The zero-order chi connectivity index (χ0) is 11.5. The van der Waals surface area contributed by atoms with Crippen LogP contribution < -0.4 is 5.32 Å². The van der Waals surface area contributed by atoms with Gasteiger partial charge in [-0.3, -0.25) is 0 Å². The fourth-order valence-electron chi connectivity index (χ4n) is 2.21. The van der Waals surface area contributed by atoms with E-state index in [1.807, 2.05) is 13.0 Å². The summed E-state index contributed by atoms with van der Waals surface area (Å²) in [5.74, 6) is 0.316. The molecule has 1 aliphatic rings. The van der Waals surface area contributed by atoms with E-state index in [0.29, 0.717) is 12.0 Å². The standard InChI is InChI=1S/C13H18ClNO/c1-9(8-16)7-15-13-5-2-10-6-11(14)3-4-12(10)13/h3-4,6,9,13,15-16H,2,5,7-8H2,1H3. The van der Waals surface area contributed by atoms with Crippen molar-refractivity contribution in [2.45, 2.75) is 25.8 Å². The largest absolute Gasteiger partial charge is 0.396 e. The van der Waals surface area contributed by atoms with Crippen LogP contribution in [0.5, 0.6) is 0 Å². The van der Waals surface area contributed by atoms with Crippen LogP contribution in [-0.4, -0.2) is 18.3 Å². The molecule has 2 unspecified atom stereocenters. The highest BCUT2D eigenvalue weighted by atomic mass is 35.5. The van der Waals surface area contributed by atoms with Crippen LogP contribution in [0.2, 0.25) is 5.02 Å². The Hall–Kier alpha value is -0.570. The second-order valence-corrected chi connectivity index (χ2v) is 5.07. The SMILES string of the molecule is CC(CO)CNC1CCc2cc(Cl)ccc21. The van der Waals surface area contributed by atoms with Gasteiger partial charge in [-0.05, 0) is 42.0 Å². The highest BCUT2D eigenvalue weighted by Crippen LogP contribution is 2.32. The number of rotatable bonds is 4. The summed E-state index contributed by atoms with van der Waals surface area (Å²) in [5, 5.41) is 13.3. The molecule has 88 valence electrons. The van der Waals surface area contributed by atoms with Crippen molar-refractivity contribution in [2.24, 2.45) is 5.92 Å². The van der Waals surface area contributed by atoms with Gasteiger partial charge in [0.25, 0.3) is 0 Å². The first-order valence-corrected chi connectivity index (χ1v) is 6.21. The van der Waals surface area contributed by atoms with Crippen LogP contribution in [0.3, 0.4) is 0 Å². The molecule has 3 heteroatoms. The lowest BCUT2D eigenvalue weighted by molar-refractivity contribution is 0.230. The maximum absolute atomic E-state index is 8.98. The molecule has 0 aliphatic heterocycles. The molecule has 0 saturated heterocycles. The Kier molecular flexibility index (Phi) is 3.85. The van der Waals surface area contributed by atoms with Gasteiger partial charge in [0.15, 0.2) is 0 Å². The van der Waals surface area contributed by atoms with Crippen molar-refractivity contribution in [3.05, 3.63) is 34.3 Å². The molecular weight excluding hydrogens is 222 g/mol. The van der Waals surface area contributed by atoms with Crippen molar-refractivity contribution in [1.29, 1.82) is 0 Å². The number of aliphatic hydroxyl groups is 1. The Morgan fingerprint density at radius 2 is 2.38 bits per heavy atom. The van der Waals surface area contributed by atoms with E-state index in [1.165, 1.54) is 11.1 Å². The first-order valence-electron chi connectivity index (χ1n) is 5.83. The quantitative estimate of drug-likeness (QED) is 0.847. The summed E-state index contributed by atoms with van der Waals surface area (Å²) in [7, 11) is 0. The summed E-state index contributed by atoms with van der Waals surface area (Å²) in [4.78, 5) is 0. The molecule has 1 aromatic carbocycles. The number of hydrogen-bond acceptors (Lipinski definition) is 2. The summed E-state index contributed by atoms with van der Waals surface area (Å²) in [5.41, 5.74) is 2.73. The van der Waals surface area contributed by atoms with Crippen molar-refractivity contribution < 1.29 is 5.11 Å². The van der Waals surface area contributed by atoms with E-state index < -0.39 is 0 Å². The molecule has 2 rings (SSSR count). The average molecular weight is 240 g/mol. The molecule has 0 aromatic heterocycles. The monoisotopic (exact) mass is 239 g/mol. The average Bonchev–Trinajstić information content (AvgIpc) is 2.68. The summed E-state index contributed by atoms with van der Waals surface area (Å²) in [6.45, 7) is 3.15. The van der Waals surface area contributed by atoms with Gasteiger partial charge in [-0.1, -0.05) is 24.6 Å². The fraction of sp³-hybridized carbons (Fsp3) is 0.538. The second-order valence-electron chi connectivity index (χ2n) is 4.63. The number of aryl methyl sites for hydroxylation is 1. The Labute approximate surface area is 102 Å². The molecule has 2 N–H and O–H groups in total. The molecule has 0 saturated carbocycles. The predicted octanol–water partition coefficient (Wildman–Crippen LogP) is 2.55.